The molecule has 0 amide bonds. The van der Waals surface area contributed by atoms with Crippen molar-refractivity contribution in [3.05, 3.63) is 58.7 Å². The van der Waals surface area contributed by atoms with Crippen molar-refractivity contribution in [1.29, 1.82) is 0 Å². The van der Waals surface area contributed by atoms with Gasteiger partial charge in [-0.25, -0.2) is 0 Å². The molecule has 0 unspecified atom stereocenters. The van der Waals surface area contributed by atoms with Crippen LogP contribution in [0.15, 0.2) is 30.3 Å². The summed E-state index contributed by atoms with van der Waals surface area (Å²) in [6.07, 6.45) is 3.44. The highest BCUT2D eigenvalue weighted by molar-refractivity contribution is 5.73. The van der Waals surface area contributed by atoms with Gasteiger partial charge in [0.15, 0.2) is 0 Å². The molecule has 0 N–H and O–H groups in total. The van der Waals surface area contributed by atoms with Gasteiger partial charge in [0.1, 0.15) is 0 Å². The largest absolute Gasteiger partial charge is 0.0651 e. The number of benzene rings is 2. The molecule has 0 nitrogen and oxygen atoms in total. The fraction of sp³-hybridized carbons (Fsp3) is 0.368. The van der Waals surface area contributed by atoms with Crippen molar-refractivity contribution in [1.82, 2.24) is 0 Å². The summed E-state index contributed by atoms with van der Waals surface area (Å²) in [5.74, 6) is 0. The Kier molecular flexibility index (Phi) is 4.42. The van der Waals surface area contributed by atoms with Crippen LogP contribution in [0.3, 0.4) is 0 Å². The molecule has 19 heavy (non-hydrogen) atoms. The maximum Gasteiger partial charge on any atom is -0.0111 e. The second kappa shape index (κ2) is 6.06. The lowest BCUT2D eigenvalue weighted by molar-refractivity contribution is 0.894. The van der Waals surface area contributed by atoms with Gasteiger partial charge in [0.2, 0.25) is 0 Å². The van der Waals surface area contributed by atoms with E-state index in [4.69, 9.17) is 0 Å². The smallest absolute Gasteiger partial charge is 0.0111 e. The van der Waals surface area contributed by atoms with Crippen LogP contribution in [0.5, 0.6) is 0 Å². The average Bonchev–Trinajstić information content (AvgIpc) is 2.40. The van der Waals surface area contributed by atoms with Crippen LogP contribution in [-0.4, -0.2) is 0 Å². The second-order valence-corrected chi connectivity index (χ2v) is 5.18. The van der Waals surface area contributed by atoms with Gasteiger partial charge in [-0.3, -0.25) is 0 Å². The topological polar surface area (TPSA) is 0 Å². The zero-order valence-electron chi connectivity index (χ0n) is 12.5. The SMILES string of the molecule is CCCc1c(CC)c(C)[c]c(C)c1-c1ccccc1. The van der Waals surface area contributed by atoms with Gasteiger partial charge < -0.3 is 0 Å². The van der Waals surface area contributed by atoms with Gasteiger partial charge in [0.25, 0.3) is 0 Å². The van der Waals surface area contributed by atoms with Crippen molar-refractivity contribution >= 4 is 0 Å². The summed E-state index contributed by atoms with van der Waals surface area (Å²) in [6.45, 7) is 8.89. The highest BCUT2D eigenvalue weighted by Crippen LogP contribution is 2.32. The van der Waals surface area contributed by atoms with E-state index in [1.54, 1.807) is 0 Å². The van der Waals surface area contributed by atoms with Crippen molar-refractivity contribution in [3.63, 3.8) is 0 Å². The Bertz CT molecular complexity index is 550. The van der Waals surface area contributed by atoms with Crippen LogP contribution >= 0.6 is 0 Å². The van der Waals surface area contributed by atoms with Gasteiger partial charge in [-0.1, -0.05) is 50.6 Å². The lowest BCUT2D eigenvalue weighted by Crippen LogP contribution is -2.02. The van der Waals surface area contributed by atoms with Crippen molar-refractivity contribution in [2.45, 2.75) is 47.0 Å². The van der Waals surface area contributed by atoms with Gasteiger partial charge in [-0.2, -0.15) is 0 Å². The van der Waals surface area contributed by atoms with Crippen molar-refractivity contribution in [3.8, 4) is 11.1 Å². The normalized spacial score (nSPS) is 10.7. The fourth-order valence-electron chi connectivity index (χ4n) is 3.02. The molecule has 0 bridgehead atoms. The van der Waals surface area contributed by atoms with Crippen LogP contribution in [0.1, 0.15) is 42.5 Å². The Hall–Kier alpha value is -1.56. The molecule has 0 aliphatic carbocycles. The van der Waals surface area contributed by atoms with Crippen molar-refractivity contribution in [2.75, 3.05) is 0 Å². The zero-order chi connectivity index (χ0) is 13.8. The molecule has 1 radical (unpaired) electrons. The molecule has 99 valence electrons. The third-order valence-corrected chi connectivity index (χ3v) is 3.78. The number of hydrogen-bond donors (Lipinski definition) is 0. The molecule has 0 saturated heterocycles. The molecule has 0 atom stereocenters. The molecule has 0 heteroatoms. The molecule has 0 saturated carbocycles. The van der Waals surface area contributed by atoms with Crippen LogP contribution in [0, 0.1) is 19.9 Å². The Morgan fingerprint density at radius 2 is 1.58 bits per heavy atom. The Morgan fingerprint density at radius 3 is 2.16 bits per heavy atom. The molecule has 0 spiro atoms. The van der Waals surface area contributed by atoms with E-state index in [2.05, 4.69) is 64.1 Å². The van der Waals surface area contributed by atoms with Crippen LogP contribution in [-0.2, 0) is 12.8 Å². The minimum atomic E-state index is 1.10. The van der Waals surface area contributed by atoms with Crippen LogP contribution < -0.4 is 0 Å². The lowest BCUT2D eigenvalue weighted by Gasteiger charge is -2.19. The van der Waals surface area contributed by atoms with E-state index in [1.165, 1.54) is 39.8 Å². The maximum atomic E-state index is 3.56. The maximum absolute atomic E-state index is 3.56. The summed E-state index contributed by atoms with van der Waals surface area (Å²) in [6, 6.07) is 14.3. The van der Waals surface area contributed by atoms with Crippen LogP contribution in [0.25, 0.3) is 11.1 Å². The Labute approximate surface area is 117 Å². The first-order valence-electron chi connectivity index (χ1n) is 7.28. The van der Waals surface area contributed by atoms with E-state index in [9.17, 15) is 0 Å². The number of hydrogen-bond acceptors (Lipinski definition) is 0. The molecule has 0 fully saturated rings. The molecule has 2 rings (SSSR count). The molecule has 0 aliphatic heterocycles. The summed E-state index contributed by atoms with van der Waals surface area (Å²) in [5, 5.41) is 0. The molecular weight excluding hydrogens is 228 g/mol. The first kappa shape index (κ1) is 13.9. The molecule has 2 aromatic carbocycles. The molecule has 0 heterocycles. The average molecular weight is 251 g/mol. The monoisotopic (exact) mass is 251 g/mol. The Balaban J connectivity index is 2.71. The lowest BCUT2D eigenvalue weighted by atomic mass is 9.86. The first-order valence-corrected chi connectivity index (χ1v) is 7.28. The van der Waals surface area contributed by atoms with Crippen LogP contribution in [0.2, 0.25) is 0 Å². The van der Waals surface area contributed by atoms with Crippen molar-refractivity contribution in [2.24, 2.45) is 0 Å². The zero-order valence-corrected chi connectivity index (χ0v) is 12.5. The quantitative estimate of drug-likeness (QED) is 0.693. The molecule has 0 aromatic heterocycles. The van der Waals surface area contributed by atoms with Crippen molar-refractivity contribution < 1.29 is 0 Å². The second-order valence-electron chi connectivity index (χ2n) is 5.18. The molecule has 2 aromatic rings. The van der Waals surface area contributed by atoms with E-state index < -0.39 is 0 Å². The summed E-state index contributed by atoms with van der Waals surface area (Å²) in [5.41, 5.74) is 8.36. The van der Waals surface area contributed by atoms with Gasteiger partial charge in [0.05, 0.1) is 0 Å². The summed E-state index contributed by atoms with van der Waals surface area (Å²) in [7, 11) is 0. The van der Waals surface area contributed by atoms with Gasteiger partial charge in [-0.15, -0.1) is 0 Å². The molecular formula is C19H23. The third kappa shape index (κ3) is 2.73. The van der Waals surface area contributed by atoms with E-state index in [-0.39, 0.29) is 0 Å². The predicted octanol–water partition coefficient (Wildman–Crippen LogP) is 5.29. The first-order chi connectivity index (χ1) is 9.19. The predicted molar refractivity (Wildman–Crippen MR) is 83.6 cm³/mol. The van der Waals surface area contributed by atoms with Gasteiger partial charge in [0, 0.05) is 0 Å². The highest BCUT2D eigenvalue weighted by Gasteiger charge is 2.14. The minimum Gasteiger partial charge on any atom is -0.0651 e. The number of aryl methyl sites for hydroxylation is 2. The summed E-state index contributed by atoms with van der Waals surface area (Å²) < 4.78 is 0. The minimum absolute atomic E-state index is 1.10. The summed E-state index contributed by atoms with van der Waals surface area (Å²) in [4.78, 5) is 0. The third-order valence-electron chi connectivity index (χ3n) is 3.78. The Morgan fingerprint density at radius 1 is 0.895 bits per heavy atom. The van der Waals surface area contributed by atoms with Crippen LogP contribution in [0.4, 0.5) is 0 Å². The van der Waals surface area contributed by atoms with Gasteiger partial charge >= 0.3 is 0 Å². The van der Waals surface area contributed by atoms with E-state index >= 15 is 0 Å². The number of rotatable bonds is 4. The standard InChI is InChI=1S/C19H23/c1-5-10-18-17(6-2)14(3)13-15(4)19(18)16-11-8-7-9-12-16/h7-9,11-12H,5-6,10H2,1-4H3. The van der Waals surface area contributed by atoms with E-state index in [0.717, 1.165) is 12.8 Å². The van der Waals surface area contributed by atoms with E-state index in [1.807, 2.05) is 0 Å². The van der Waals surface area contributed by atoms with E-state index in [0.29, 0.717) is 0 Å². The summed E-state index contributed by atoms with van der Waals surface area (Å²) >= 11 is 0. The van der Waals surface area contributed by atoms with Gasteiger partial charge in [-0.05, 0) is 66.1 Å². The fourth-order valence-corrected chi connectivity index (χ4v) is 3.02. The molecule has 0 aliphatic rings. The highest BCUT2D eigenvalue weighted by atomic mass is 14.2.